The number of non-ortho nitro benzene ring substituents is 1. The van der Waals surface area contributed by atoms with E-state index in [-0.39, 0.29) is 11.4 Å². The molecular formula is C17H14N2O5. The molecule has 0 atom stereocenters. The van der Waals surface area contributed by atoms with E-state index in [4.69, 9.17) is 4.84 Å². The summed E-state index contributed by atoms with van der Waals surface area (Å²) < 4.78 is 4.56. The number of benzene rings is 2. The number of hydrogen-bond donors (Lipinski definition) is 0. The van der Waals surface area contributed by atoms with Gasteiger partial charge in [-0.25, -0.2) is 4.79 Å². The third-order valence-electron chi connectivity index (χ3n) is 2.94. The Kier molecular flexibility index (Phi) is 5.79. The molecule has 0 aliphatic carbocycles. The maximum Gasteiger partial charge on any atom is 0.334 e. The van der Waals surface area contributed by atoms with Gasteiger partial charge in [-0.05, 0) is 5.56 Å². The highest BCUT2D eigenvalue weighted by molar-refractivity contribution is 5.90. The first-order valence-electron chi connectivity index (χ1n) is 6.90. The number of ether oxygens (including phenoxy) is 1. The molecule has 2 aromatic rings. The number of esters is 1. The van der Waals surface area contributed by atoms with Gasteiger partial charge in [0.05, 0.1) is 24.3 Å². The van der Waals surface area contributed by atoms with Crippen molar-refractivity contribution in [1.29, 1.82) is 0 Å². The van der Waals surface area contributed by atoms with E-state index in [1.54, 1.807) is 6.07 Å². The number of nitro benzene ring substituents is 1. The lowest BCUT2D eigenvalue weighted by Gasteiger charge is -2.05. The molecule has 0 aliphatic heterocycles. The van der Waals surface area contributed by atoms with Crippen molar-refractivity contribution in [1.82, 2.24) is 0 Å². The zero-order valence-electron chi connectivity index (χ0n) is 12.8. The predicted molar refractivity (Wildman–Crippen MR) is 88.2 cm³/mol. The first kappa shape index (κ1) is 16.9. The lowest BCUT2D eigenvalue weighted by molar-refractivity contribution is -0.384. The van der Waals surface area contributed by atoms with Crippen LogP contribution in [0.2, 0.25) is 0 Å². The molecule has 7 heteroatoms. The van der Waals surface area contributed by atoms with Crippen LogP contribution in [0.1, 0.15) is 11.1 Å². The Morgan fingerprint density at radius 1 is 1.17 bits per heavy atom. The Hall–Kier alpha value is -3.48. The second kappa shape index (κ2) is 8.23. The molecule has 0 bridgehead atoms. The van der Waals surface area contributed by atoms with Crippen LogP contribution < -0.4 is 0 Å². The van der Waals surface area contributed by atoms with E-state index in [1.807, 2.05) is 30.3 Å². The average molecular weight is 326 g/mol. The summed E-state index contributed by atoms with van der Waals surface area (Å²) in [7, 11) is 1.22. The second-order valence-corrected chi connectivity index (χ2v) is 4.58. The van der Waals surface area contributed by atoms with E-state index in [9.17, 15) is 14.9 Å². The third kappa shape index (κ3) is 4.77. The fourth-order valence-corrected chi connectivity index (χ4v) is 1.78. The van der Waals surface area contributed by atoms with E-state index in [1.165, 1.54) is 31.5 Å². The number of rotatable bonds is 6. The maximum absolute atomic E-state index is 11.5. The molecule has 0 saturated heterocycles. The van der Waals surface area contributed by atoms with Crippen LogP contribution in [-0.2, 0) is 14.4 Å². The van der Waals surface area contributed by atoms with Gasteiger partial charge >= 0.3 is 5.97 Å². The number of oxime groups is 1. The van der Waals surface area contributed by atoms with Crippen LogP contribution in [0.25, 0.3) is 5.76 Å². The van der Waals surface area contributed by atoms with E-state index in [0.717, 1.165) is 11.6 Å². The van der Waals surface area contributed by atoms with E-state index < -0.39 is 10.9 Å². The van der Waals surface area contributed by atoms with E-state index in [0.29, 0.717) is 5.56 Å². The minimum Gasteiger partial charge on any atom is -0.466 e. The Bertz CT molecular complexity index is 785. The van der Waals surface area contributed by atoms with Gasteiger partial charge in [0, 0.05) is 17.7 Å². The van der Waals surface area contributed by atoms with Crippen molar-refractivity contribution in [2.75, 3.05) is 7.11 Å². The quantitative estimate of drug-likeness (QED) is 0.203. The molecule has 0 radical (unpaired) electrons. The molecular weight excluding hydrogens is 312 g/mol. The summed E-state index contributed by atoms with van der Waals surface area (Å²) >= 11 is 0. The molecule has 0 unspecified atom stereocenters. The SMILES string of the molecule is COC(=O)/C=C(/O/N=C/c1ccccc1)c1cccc([N+](=O)[O-])c1. The smallest absolute Gasteiger partial charge is 0.334 e. The Labute approximate surface area is 138 Å². The maximum atomic E-state index is 11.5. The lowest BCUT2D eigenvalue weighted by Crippen LogP contribution is -1.99. The van der Waals surface area contributed by atoms with Crippen molar-refractivity contribution in [3.8, 4) is 0 Å². The summed E-state index contributed by atoms with van der Waals surface area (Å²) in [6.07, 6.45) is 2.53. The minimum atomic E-state index is -0.661. The van der Waals surface area contributed by atoms with Crippen molar-refractivity contribution in [2.45, 2.75) is 0 Å². The fraction of sp³-hybridized carbons (Fsp3) is 0.0588. The summed E-state index contributed by atoms with van der Waals surface area (Å²) in [6, 6.07) is 14.9. The van der Waals surface area contributed by atoms with Gasteiger partial charge in [-0.3, -0.25) is 10.1 Å². The Morgan fingerprint density at radius 3 is 2.58 bits per heavy atom. The third-order valence-corrected chi connectivity index (χ3v) is 2.94. The number of nitro groups is 1. The zero-order valence-corrected chi connectivity index (χ0v) is 12.8. The molecule has 0 aliphatic rings. The molecule has 0 fully saturated rings. The van der Waals surface area contributed by atoms with Gasteiger partial charge in [-0.15, -0.1) is 0 Å². The number of methoxy groups -OCH3 is 1. The first-order chi connectivity index (χ1) is 11.6. The fourth-order valence-electron chi connectivity index (χ4n) is 1.78. The van der Waals surface area contributed by atoms with Crippen LogP contribution in [0.15, 0.2) is 65.8 Å². The molecule has 2 rings (SSSR count). The molecule has 122 valence electrons. The average Bonchev–Trinajstić information content (AvgIpc) is 2.61. The highest BCUT2D eigenvalue weighted by Gasteiger charge is 2.12. The van der Waals surface area contributed by atoms with Crippen LogP contribution in [0.3, 0.4) is 0 Å². The van der Waals surface area contributed by atoms with Crippen molar-refractivity contribution < 1.29 is 19.3 Å². The van der Waals surface area contributed by atoms with Crippen LogP contribution in [0.4, 0.5) is 5.69 Å². The summed E-state index contributed by atoms with van der Waals surface area (Å²) in [5.41, 5.74) is 1.01. The molecule has 24 heavy (non-hydrogen) atoms. The molecule has 7 nitrogen and oxygen atoms in total. The zero-order chi connectivity index (χ0) is 17.4. The van der Waals surface area contributed by atoms with Gasteiger partial charge in [0.15, 0.2) is 5.76 Å². The monoisotopic (exact) mass is 326 g/mol. The Balaban J connectivity index is 2.27. The van der Waals surface area contributed by atoms with Crippen molar-refractivity contribution in [3.63, 3.8) is 0 Å². The Morgan fingerprint density at radius 2 is 1.92 bits per heavy atom. The summed E-state index contributed by atoms with van der Waals surface area (Å²) in [6.45, 7) is 0. The molecule has 0 N–H and O–H groups in total. The van der Waals surface area contributed by atoms with E-state index in [2.05, 4.69) is 9.89 Å². The first-order valence-corrected chi connectivity index (χ1v) is 6.90. The highest BCUT2D eigenvalue weighted by Crippen LogP contribution is 2.21. The second-order valence-electron chi connectivity index (χ2n) is 4.58. The normalized spacial score (nSPS) is 11.3. The molecule has 0 aromatic heterocycles. The molecule has 0 amide bonds. The van der Waals surface area contributed by atoms with Gasteiger partial charge in [-0.1, -0.05) is 47.6 Å². The largest absolute Gasteiger partial charge is 0.466 e. The van der Waals surface area contributed by atoms with Gasteiger partial charge in [-0.2, -0.15) is 0 Å². The van der Waals surface area contributed by atoms with E-state index >= 15 is 0 Å². The predicted octanol–water partition coefficient (Wildman–Crippen LogP) is 3.16. The van der Waals surface area contributed by atoms with Gasteiger partial charge in [0.1, 0.15) is 0 Å². The topological polar surface area (TPSA) is 91.0 Å². The number of carbonyl (C=O) groups is 1. The van der Waals surface area contributed by atoms with Gasteiger partial charge in [0.2, 0.25) is 0 Å². The molecule has 0 saturated carbocycles. The summed E-state index contributed by atoms with van der Waals surface area (Å²) in [5.74, 6) is -0.621. The van der Waals surface area contributed by atoms with Crippen LogP contribution in [0, 0.1) is 10.1 Å². The minimum absolute atomic E-state index is 0.0396. The summed E-state index contributed by atoms with van der Waals surface area (Å²) in [5, 5.41) is 14.7. The van der Waals surface area contributed by atoms with Crippen molar-refractivity contribution in [2.24, 2.45) is 5.16 Å². The van der Waals surface area contributed by atoms with Crippen molar-refractivity contribution >= 4 is 23.6 Å². The molecule has 2 aromatic carbocycles. The number of nitrogens with zero attached hydrogens (tertiary/aromatic N) is 2. The van der Waals surface area contributed by atoms with Crippen LogP contribution in [0.5, 0.6) is 0 Å². The van der Waals surface area contributed by atoms with Gasteiger partial charge < -0.3 is 9.57 Å². The van der Waals surface area contributed by atoms with Crippen molar-refractivity contribution in [3.05, 3.63) is 81.9 Å². The molecule has 0 spiro atoms. The summed E-state index contributed by atoms with van der Waals surface area (Å²) in [4.78, 5) is 27.1. The lowest BCUT2D eigenvalue weighted by atomic mass is 10.1. The molecule has 0 heterocycles. The van der Waals surface area contributed by atoms with Crippen LogP contribution in [-0.4, -0.2) is 24.2 Å². The number of hydrogen-bond acceptors (Lipinski definition) is 6. The van der Waals surface area contributed by atoms with Crippen LogP contribution >= 0.6 is 0 Å². The highest BCUT2D eigenvalue weighted by atomic mass is 16.6. The van der Waals surface area contributed by atoms with Gasteiger partial charge in [0.25, 0.3) is 5.69 Å². The standard InChI is InChI=1S/C17H14N2O5/c1-23-17(20)11-16(14-8-5-9-15(10-14)19(21)22)24-18-12-13-6-3-2-4-7-13/h2-12H,1H3/b16-11+,18-12+. The number of carbonyl (C=O) groups excluding carboxylic acids is 1.